The number of nitrogens with zero attached hydrogens (tertiary/aromatic N) is 1. The summed E-state index contributed by atoms with van der Waals surface area (Å²) in [5.74, 6) is 0.412. The lowest BCUT2D eigenvalue weighted by molar-refractivity contribution is 0.0939. The van der Waals surface area contributed by atoms with Crippen LogP contribution in [0.2, 0.25) is 0 Å². The quantitative estimate of drug-likeness (QED) is 0.306. The van der Waals surface area contributed by atoms with E-state index in [0.29, 0.717) is 17.7 Å². The molecule has 4 N–H and O–H groups in total. The van der Waals surface area contributed by atoms with E-state index in [4.69, 9.17) is 15.4 Å². The molecule has 1 aromatic heterocycles. The minimum atomic E-state index is -0.232. The molecule has 0 spiro atoms. The number of carbonyl (C=O) groups is 1. The molecule has 1 amide bonds. The Kier molecular flexibility index (Phi) is 3.93. The third kappa shape index (κ3) is 3.01. The predicted molar refractivity (Wildman–Crippen MR) is 58.4 cm³/mol. The fraction of sp³-hybridized carbons (Fsp3) is 0.400. The van der Waals surface area contributed by atoms with Crippen LogP contribution in [0.1, 0.15) is 29.5 Å². The Morgan fingerprint density at radius 3 is 2.94 bits per heavy atom. The summed E-state index contributed by atoms with van der Waals surface area (Å²) in [5.41, 5.74) is 5.82. The minimum Gasteiger partial charge on any atom is -0.469 e. The normalized spacial score (nSPS) is 13.5. The monoisotopic (exact) mass is 225 g/mol. The molecule has 1 aromatic rings. The van der Waals surface area contributed by atoms with E-state index in [1.165, 1.54) is 6.26 Å². The van der Waals surface area contributed by atoms with Gasteiger partial charge in [-0.3, -0.25) is 4.79 Å². The van der Waals surface area contributed by atoms with E-state index in [1.807, 2.05) is 0 Å². The molecule has 0 aromatic carbocycles. The first-order chi connectivity index (χ1) is 7.54. The Hall–Kier alpha value is -1.98. The molecule has 0 aliphatic heterocycles. The number of amidine groups is 1. The summed E-state index contributed by atoms with van der Waals surface area (Å²) in [5, 5.41) is 13.9. The van der Waals surface area contributed by atoms with Crippen molar-refractivity contribution in [2.24, 2.45) is 10.9 Å². The molecule has 0 fully saturated rings. The molecular formula is C10H15N3O3. The average Bonchev–Trinajstić information content (AvgIpc) is 2.63. The highest BCUT2D eigenvalue weighted by molar-refractivity contribution is 5.95. The average molecular weight is 225 g/mol. The van der Waals surface area contributed by atoms with Crippen LogP contribution < -0.4 is 11.1 Å². The van der Waals surface area contributed by atoms with Gasteiger partial charge in [-0.1, -0.05) is 5.16 Å². The van der Waals surface area contributed by atoms with Crippen molar-refractivity contribution in [2.45, 2.75) is 26.3 Å². The summed E-state index contributed by atoms with van der Waals surface area (Å²) < 4.78 is 5.02. The second kappa shape index (κ2) is 5.20. The van der Waals surface area contributed by atoms with Gasteiger partial charge in [0.1, 0.15) is 11.6 Å². The topological polar surface area (TPSA) is 101 Å². The molecule has 88 valence electrons. The van der Waals surface area contributed by atoms with Gasteiger partial charge in [0, 0.05) is 12.5 Å². The van der Waals surface area contributed by atoms with Crippen LogP contribution in [0.4, 0.5) is 0 Å². The molecule has 6 nitrogen and oxygen atoms in total. The number of amides is 1. The lowest BCUT2D eigenvalue weighted by Crippen LogP contribution is -2.35. The van der Waals surface area contributed by atoms with Gasteiger partial charge in [-0.05, 0) is 19.9 Å². The molecule has 6 heteroatoms. The fourth-order valence-electron chi connectivity index (χ4n) is 1.33. The maximum atomic E-state index is 11.7. The van der Waals surface area contributed by atoms with Gasteiger partial charge >= 0.3 is 0 Å². The zero-order valence-corrected chi connectivity index (χ0v) is 9.23. The highest BCUT2D eigenvalue weighted by Gasteiger charge is 2.14. The number of oxime groups is 1. The van der Waals surface area contributed by atoms with E-state index in [-0.39, 0.29) is 17.8 Å². The van der Waals surface area contributed by atoms with Crippen molar-refractivity contribution < 1.29 is 14.4 Å². The molecule has 1 unspecified atom stereocenters. The van der Waals surface area contributed by atoms with Gasteiger partial charge in [0.25, 0.3) is 5.91 Å². The first kappa shape index (κ1) is 12.1. The summed E-state index contributed by atoms with van der Waals surface area (Å²) in [6, 6.07) is 1.39. The Morgan fingerprint density at radius 1 is 1.75 bits per heavy atom. The third-order valence-corrected chi connectivity index (χ3v) is 2.12. The molecule has 0 saturated carbocycles. The van der Waals surface area contributed by atoms with Gasteiger partial charge in [0.2, 0.25) is 0 Å². The second-order valence-corrected chi connectivity index (χ2v) is 3.56. The van der Waals surface area contributed by atoms with Gasteiger partial charge in [-0.2, -0.15) is 0 Å². The predicted octanol–water partition coefficient (Wildman–Crippen LogP) is 0.843. The third-order valence-electron chi connectivity index (χ3n) is 2.12. The van der Waals surface area contributed by atoms with E-state index >= 15 is 0 Å². The molecule has 0 aliphatic carbocycles. The van der Waals surface area contributed by atoms with Gasteiger partial charge in [0.15, 0.2) is 0 Å². The molecule has 0 aliphatic rings. The largest absolute Gasteiger partial charge is 0.469 e. The summed E-state index contributed by atoms with van der Waals surface area (Å²) in [7, 11) is 0. The molecular weight excluding hydrogens is 210 g/mol. The van der Waals surface area contributed by atoms with Crippen LogP contribution >= 0.6 is 0 Å². The van der Waals surface area contributed by atoms with E-state index in [9.17, 15) is 4.79 Å². The van der Waals surface area contributed by atoms with Crippen LogP contribution in [0.25, 0.3) is 0 Å². The van der Waals surface area contributed by atoms with Crippen LogP contribution in [0, 0.1) is 6.92 Å². The SMILES string of the molecule is Cc1occc1C(=O)NC(C)CC(N)=NO. The number of carbonyl (C=O) groups excluding carboxylic acids is 1. The molecule has 1 atom stereocenters. The van der Waals surface area contributed by atoms with Crippen LogP contribution in [0.5, 0.6) is 0 Å². The Labute approximate surface area is 93.1 Å². The summed E-state index contributed by atoms with van der Waals surface area (Å²) in [6.45, 7) is 3.48. The van der Waals surface area contributed by atoms with E-state index in [1.54, 1.807) is 19.9 Å². The number of nitrogens with two attached hydrogens (primary N) is 1. The fourth-order valence-corrected chi connectivity index (χ4v) is 1.33. The van der Waals surface area contributed by atoms with Crippen LogP contribution in [-0.4, -0.2) is 23.0 Å². The van der Waals surface area contributed by atoms with Crippen LogP contribution in [-0.2, 0) is 0 Å². The number of aryl methyl sites for hydroxylation is 1. The standard InChI is InChI=1S/C10H15N3O3/c1-6(5-9(11)13-15)12-10(14)8-3-4-16-7(8)2/h3-4,6,15H,5H2,1-2H3,(H2,11,13)(H,12,14). The van der Waals surface area contributed by atoms with Crippen molar-refractivity contribution in [1.82, 2.24) is 5.32 Å². The first-order valence-electron chi connectivity index (χ1n) is 4.86. The minimum absolute atomic E-state index is 0.0803. The van der Waals surface area contributed by atoms with Crippen LogP contribution in [0.15, 0.2) is 21.9 Å². The zero-order valence-electron chi connectivity index (χ0n) is 9.23. The van der Waals surface area contributed by atoms with Crippen molar-refractivity contribution >= 4 is 11.7 Å². The smallest absolute Gasteiger partial charge is 0.255 e. The number of rotatable bonds is 4. The highest BCUT2D eigenvalue weighted by atomic mass is 16.4. The lowest BCUT2D eigenvalue weighted by Gasteiger charge is -2.12. The second-order valence-electron chi connectivity index (χ2n) is 3.56. The van der Waals surface area contributed by atoms with Gasteiger partial charge in [-0.25, -0.2) is 0 Å². The summed E-state index contributed by atoms with van der Waals surface area (Å²) >= 11 is 0. The Bertz CT molecular complexity index is 398. The Morgan fingerprint density at radius 2 is 2.44 bits per heavy atom. The van der Waals surface area contributed by atoms with Crippen molar-refractivity contribution in [3.8, 4) is 0 Å². The van der Waals surface area contributed by atoms with Crippen molar-refractivity contribution in [1.29, 1.82) is 0 Å². The van der Waals surface area contributed by atoms with Gasteiger partial charge in [0.05, 0.1) is 11.8 Å². The van der Waals surface area contributed by atoms with E-state index in [0.717, 1.165) is 0 Å². The van der Waals surface area contributed by atoms with Gasteiger partial charge < -0.3 is 20.7 Å². The van der Waals surface area contributed by atoms with E-state index < -0.39 is 0 Å². The first-order valence-corrected chi connectivity index (χ1v) is 4.86. The number of furan rings is 1. The molecule has 1 rings (SSSR count). The maximum absolute atomic E-state index is 11.7. The van der Waals surface area contributed by atoms with Crippen LogP contribution in [0.3, 0.4) is 0 Å². The zero-order chi connectivity index (χ0) is 12.1. The Balaban J connectivity index is 2.55. The van der Waals surface area contributed by atoms with E-state index in [2.05, 4.69) is 10.5 Å². The molecule has 0 bridgehead atoms. The number of nitrogens with one attached hydrogen (secondary N) is 1. The van der Waals surface area contributed by atoms with Crippen molar-refractivity contribution in [2.75, 3.05) is 0 Å². The molecule has 1 heterocycles. The van der Waals surface area contributed by atoms with Gasteiger partial charge in [-0.15, -0.1) is 0 Å². The summed E-state index contributed by atoms with van der Waals surface area (Å²) in [4.78, 5) is 11.7. The number of hydrogen-bond acceptors (Lipinski definition) is 4. The number of hydrogen-bond donors (Lipinski definition) is 3. The lowest BCUT2D eigenvalue weighted by atomic mass is 10.2. The van der Waals surface area contributed by atoms with Crippen molar-refractivity contribution in [3.05, 3.63) is 23.7 Å². The van der Waals surface area contributed by atoms with Crippen molar-refractivity contribution in [3.63, 3.8) is 0 Å². The molecule has 0 radical (unpaired) electrons. The maximum Gasteiger partial charge on any atom is 0.255 e. The molecule has 0 saturated heterocycles. The highest BCUT2D eigenvalue weighted by Crippen LogP contribution is 2.08. The summed E-state index contributed by atoms with van der Waals surface area (Å²) in [6.07, 6.45) is 1.75. The molecule has 16 heavy (non-hydrogen) atoms.